The first-order valence-electron chi connectivity index (χ1n) is 9.34. The predicted octanol–water partition coefficient (Wildman–Crippen LogP) is 4.07. The number of rotatable bonds is 9. The maximum absolute atomic E-state index is 12.8. The summed E-state index contributed by atoms with van der Waals surface area (Å²) >= 11 is 5.83. The van der Waals surface area contributed by atoms with Gasteiger partial charge in [-0.05, 0) is 54.4 Å². The molecular weight excluding hydrogens is 390 g/mol. The molecule has 0 aliphatic rings. The Labute approximate surface area is 174 Å². The topological polar surface area (TPSA) is 75.4 Å². The van der Waals surface area contributed by atoms with Gasteiger partial charge in [-0.15, -0.1) is 0 Å². The van der Waals surface area contributed by atoms with Gasteiger partial charge in [0.15, 0.2) is 0 Å². The molecule has 29 heavy (non-hydrogen) atoms. The van der Waals surface area contributed by atoms with Crippen LogP contribution in [0.15, 0.2) is 71.6 Å². The minimum absolute atomic E-state index is 0.00834. The van der Waals surface area contributed by atoms with Crippen molar-refractivity contribution in [1.29, 1.82) is 0 Å². The van der Waals surface area contributed by atoms with E-state index in [2.05, 4.69) is 10.3 Å². The van der Waals surface area contributed by atoms with Crippen molar-refractivity contribution in [1.82, 2.24) is 15.2 Å². The van der Waals surface area contributed by atoms with Gasteiger partial charge in [-0.1, -0.05) is 17.7 Å². The van der Waals surface area contributed by atoms with E-state index in [1.807, 2.05) is 18.2 Å². The zero-order chi connectivity index (χ0) is 20.5. The second-order valence-electron chi connectivity index (χ2n) is 6.56. The van der Waals surface area contributed by atoms with Crippen molar-refractivity contribution in [3.05, 3.63) is 89.1 Å². The molecule has 0 spiro atoms. The molecule has 2 heterocycles. The van der Waals surface area contributed by atoms with Gasteiger partial charge in [-0.3, -0.25) is 14.6 Å². The molecule has 2 aromatic heterocycles. The van der Waals surface area contributed by atoms with Crippen LogP contribution in [0.3, 0.4) is 0 Å². The van der Waals surface area contributed by atoms with Gasteiger partial charge in [0.1, 0.15) is 5.76 Å². The Morgan fingerprint density at radius 2 is 1.90 bits per heavy atom. The monoisotopic (exact) mass is 411 g/mol. The SMILES string of the molecule is O=C(NCCCC(=O)N(Cc1cccnc1)Cc1ccco1)c1ccc(Cl)cc1. The molecule has 150 valence electrons. The fourth-order valence-electron chi connectivity index (χ4n) is 2.84. The standard InChI is InChI=1S/C22H22ClN3O3/c23-19-9-7-18(8-10-19)22(28)25-12-2-6-21(27)26(16-20-5-3-13-29-20)15-17-4-1-11-24-14-17/h1,3-5,7-11,13-14H,2,6,12,15-16H2,(H,25,28). The van der Waals surface area contributed by atoms with Gasteiger partial charge in [-0.2, -0.15) is 0 Å². The highest BCUT2D eigenvalue weighted by atomic mass is 35.5. The Hall–Kier alpha value is -3.12. The largest absolute Gasteiger partial charge is 0.467 e. The van der Waals surface area contributed by atoms with E-state index >= 15 is 0 Å². The summed E-state index contributed by atoms with van der Waals surface area (Å²) in [5.41, 5.74) is 1.49. The highest BCUT2D eigenvalue weighted by Crippen LogP contribution is 2.13. The average Bonchev–Trinajstić information content (AvgIpc) is 3.25. The van der Waals surface area contributed by atoms with E-state index in [1.54, 1.807) is 53.9 Å². The fraction of sp³-hybridized carbons (Fsp3) is 0.227. The van der Waals surface area contributed by atoms with Crippen LogP contribution in [0, 0.1) is 0 Å². The van der Waals surface area contributed by atoms with E-state index in [9.17, 15) is 9.59 Å². The van der Waals surface area contributed by atoms with Gasteiger partial charge in [0, 0.05) is 42.5 Å². The lowest BCUT2D eigenvalue weighted by molar-refractivity contribution is -0.132. The van der Waals surface area contributed by atoms with Gasteiger partial charge < -0.3 is 14.6 Å². The number of furan rings is 1. The molecule has 0 atom stereocenters. The second kappa shape index (κ2) is 10.4. The van der Waals surface area contributed by atoms with Crippen LogP contribution in [-0.4, -0.2) is 28.2 Å². The van der Waals surface area contributed by atoms with Crippen molar-refractivity contribution in [3.63, 3.8) is 0 Å². The maximum Gasteiger partial charge on any atom is 0.251 e. The van der Waals surface area contributed by atoms with Gasteiger partial charge >= 0.3 is 0 Å². The molecule has 0 saturated heterocycles. The molecule has 1 N–H and O–H groups in total. The Morgan fingerprint density at radius 1 is 1.07 bits per heavy atom. The lowest BCUT2D eigenvalue weighted by Gasteiger charge is -2.22. The number of pyridine rings is 1. The number of aromatic nitrogens is 1. The molecule has 7 heteroatoms. The maximum atomic E-state index is 12.8. The van der Waals surface area contributed by atoms with E-state index in [0.717, 1.165) is 11.3 Å². The van der Waals surface area contributed by atoms with Crippen LogP contribution < -0.4 is 5.32 Å². The van der Waals surface area contributed by atoms with Crippen molar-refractivity contribution in [2.45, 2.75) is 25.9 Å². The number of amides is 2. The summed E-state index contributed by atoms with van der Waals surface area (Å²) in [6.45, 7) is 1.25. The molecule has 0 radical (unpaired) electrons. The predicted molar refractivity (Wildman–Crippen MR) is 110 cm³/mol. The van der Waals surface area contributed by atoms with E-state index in [4.69, 9.17) is 16.0 Å². The smallest absolute Gasteiger partial charge is 0.251 e. The Bertz CT molecular complexity index is 912. The summed E-state index contributed by atoms with van der Waals surface area (Å²) in [6.07, 6.45) is 5.90. The Kier molecular flexibility index (Phi) is 7.41. The number of hydrogen-bond acceptors (Lipinski definition) is 4. The molecule has 2 amide bonds. The van der Waals surface area contributed by atoms with Crippen LogP contribution in [0.4, 0.5) is 0 Å². The number of halogens is 1. The van der Waals surface area contributed by atoms with Crippen molar-refractivity contribution in [2.75, 3.05) is 6.54 Å². The molecule has 0 unspecified atom stereocenters. The van der Waals surface area contributed by atoms with Crippen LogP contribution in [0.2, 0.25) is 5.02 Å². The number of carbonyl (C=O) groups excluding carboxylic acids is 2. The summed E-state index contributed by atoms with van der Waals surface area (Å²) in [7, 11) is 0. The lowest BCUT2D eigenvalue weighted by atomic mass is 10.2. The van der Waals surface area contributed by atoms with Crippen molar-refractivity contribution < 1.29 is 14.0 Å². The highest BCUT2D eigenvalue weighted by molar-refractivity contribution is 6.30. The van der Waals surface area contributed by atoms with Gasteiger partial charge in [0.2, 0.25) is 5.91 Å². The van der Waals surface area contributed by atoms with Crippen LogP contribution in [0.1, 0.15) is 34.5 Å². The molecule has 0 aliphatic carbocycles. The minimum atomic E-state index is -0.183. The molecule has 3 aromatic rings. The summed E-state index contributed by atoms with van der Waals surface area (Å²) < 4.78 is 5.39. The third-order valence-corrected chi connectivity index (χ3v) is 4.59. The van der Waals surface area contributed by atoms with Crippen LogP contribution in [0.25, 0.3) is 0 Å². The number of hydrogen-bond donors (Lipinski definition) is 1. The van der Waals surface area contributed by atoms with E-state index in [1.165, 1.54) is 0 Å². The zero-order valence-corrected chi connectivity index (χ0v) is 16.6. The lowest BCUT2D eigenvalue weighted by Crippen LogP contribution is -2.31. The van der Waals surface area contributed by atoms with E-state index in [-0.39, 0.29) is 11.8 Å². The van der Waals surface area contributed by atoms with Gasteiger partial charge in [0.05, 0.1) is 12.8 Å². The van der Waals surface area contributed by atoms with Crippen LogP contribution in [-0.2, 0) is 17.9 Å². The van der Waals surface area contributed by atoms with Gasteiger partial charge in [-0.25, -0.2) is 0 Å². The molecule has 0 bridgehead atoms. The van der Waals surface area contributed by atoms with Crippen molar-refractivity contribution in [3.8, 4) is 0 Å². The zero-order valence-electron chi connectivity index (χ0n) is 15.9. The first-order chi connectivity index (χ1) is 14.1. The van der Waals surface area contributed by atoms with E-state index < -0.39 is 0 Å². The number of benzene rings is 1. The molecular formula is C22H22ClN3O3. The Morgan fingerprint density at radius 3 is 2.59 bits per heavy atom. The summed E-state index contributed by atoms with van der Waals surface area (Å²) in [4.78, 5) is 30.7. The summed E-state index contributed by atoms with van der Waals surface area (Å²) in [6, 6.07) is 14.1. The average molecular weight is 412 g/mol. The number of carbonyl (C=O) groups is 2. The van der Waals surface area contributed by atoms with Crippen molar-refractivity contribution >= 4 is 23.4 Å². The van der Waals surface area contributed by atoms with Crippen LogP contribution in [0.5, 0.6) is 0 Å². The molecule has 0 fully saturated rings. The highest BCUT2D eigenvalue weighted by Gasteiger charge is 2.16. The molecule has 0 saturated carbocycles. The van der Waals surface area contributed by atoms with Crippen LogP contribution >= 0.6 is 11.6 Å². The summed E-state index contributed by atoms with van der Waals surface area (Å²) in [5, 5.41) is 3.41. The fourth-order valence-corrected chi connectivity index (χ4v) is 2.96. The molecule has 1 aromatic carbocycles. The third kappa shape index (κ3) is 6.47. The number of nitrogens with zero attached hydrogens (tertiary/aromatic N) is 2. The first kappa shape index (κ1) is 20.6. The van der Waals surface area contributed by atoms with Crippen molar-refractivity contribution in [2.24, 2.45) is 0 Å². The second-order valence-corrected chi connectivity index (χ2v) is 6.99. The van der Waals surface area contributed by atoms with E-state index in [0.29, 0.717) is 43.1 Å². The molecule has 6 nitrogen and oxygen atoms in total. The molecule has 0 aliphatic heterocycles. The first-order valence-corrected chi connectivity index (χ1v) is 9.72. The molecule has 3 rings (SSSR count). The number of nitrogens with one attached hydrogen (secondary N) is 1. The summed E-state index contributed by atoms with van der Waals surface area (Å²) in [5.74, 6) is 0.529. The third-order valence-electron chi connectivity index (χ3n) is 4.34. The van der Waals surface area contributed by atoms with Gasteiger partial charge in [0.25, 0.3) is 5.91 Å². The minimum Gasteiger partial charge on any atom is -0.467 e. The Balaban J connectivity index is 1.51. The normalized spacial score (nSPS) is 10.5. The quantitative estimate of drug-likeness (QED) is 0.538.